The third-order valence-electron chi connectivity index (χ3n) is 2.92. The zero-order valence-corrected chi connectivity index (χ0v) is 12.1. The van der Waals surface area contributed by atoms with Gasteiger partial charge >= 0.3 is 0 Å². The van der Waals surface area contributed by atoms with Crippen LogP contribution in [0, 0.1) is 17.5 Å². The monoisotopic (exact) mass is 343 g/mol. The van der Waals surface area contributed by atoms with Crippen molar-refractivity contribution in [2.24, 2.45) is 5.73 Å². The average Bonchev–Trinajstić information content (AvgIpc) is 2.31. The summed E-state index contributed by atoms with van der Waals surface area (Å²) >= 11 is 3.18. The Morgan fingerprint density at radius 1 is 0.950 bits per heavy atom. The van der Waals surface area contributed by atoms with Gasteiger partial charge in [-0.15, -0.1) is 0 Å². The molecular weight excluding hydrogens is 331 g/mol. The highest BCUT2D eigenvalue weighted by molar-refractivity contribution is 9.10. The fraction of sp³-hybridized carbons (Fsp3) is 0.200. The Kier molecular flexibility index (Phi) is 4.83. The molecule has 0 aliphatic heterocycles. The minimum Gasteiger partial charge on any atom is -0.327 e. The van der Waals surface area contributed by atoms with Crippen molar-refractivity contribution < 1.29 is 13.2 Å². The highest BCUT2D eigenvalue weighted by atomic mass is 79.9. The van der Waals surface area contributed by atoms with E-state index in [1.54, 1.807) is 12.1 Å². The number of benzene rings is 2. The first-order valence-corrected chi connectivity index (χ1v) is 6.88. The second kappa shape index (κ2) is 6.41. The van der Waals surface area contributed by atoms with Crippen molar-refractivity contribution in [2.75, 3.05) is 0 Å². The largest absolute Gasteiger partial charge is 0.327 e. The average molecular weight is 344 g/mol. The van der Waals surface area contributed by atoms with E-state index in [1.165, 1.54) is 18.2 Å². The van der Waals surface area contributed by atoms with Gasteiger partial charge < -0.3 is 5.73 Å². The van der Waals surface area contributed by atoms with E-state index in [1.807, 2.05) is 0 Å². The van der Waals surface area contributed by atoms with Gasteiger partial charge in [0.15, 0.2) is 0 Å². The summed E-state index contributed by atoms with van der Waals surface area (Å²) < 4.78 is 40.5. The number of hydrogen-bond acceptors (Lipinski definition) is 1. The molecule has 0 saturated carbocycles. The van der Waals surface area contributed by atoms with Crippen LogP contribution in [0.4, 0.5) is 13.2 Å². The molecule has 0 heterocycles. The second-order valence-corrected chi connectivity index (χ2v) is 5.60. The van der Waals surface area contributed by atoms with Gasteiger partial charge in [-0.2, -0.15) is 0 Å². The first-order valence-electron chi connectivity index (χ1n) is 6.08. The van der Waals surface area contributed by atoms with Crippen molar-refractivity contribution in [1.82, 2.24) is 0 Å². The molecule has 2 aromatic carbocycles. The number of halogens is 4. The molecule has 0 bridgehead atoms. The van der Waals surface area contributed by atoms with Crippen LogP contribution in [0.25, 0.3) is 0 Å². The third kappa shape index (κ3) is 4.08. The molecule has 0 aliphatic rings. The first-order chi connectivity index (χ1) is 9.44. The van der Waals surface area contributed by atoms with Crippen molar-refractivity contribution in [3.8, 4) is 0 Å². The van der Waals surface area contributed by atoms with E-state index < -0.39 is 17.7 Å². The topological polar surface area (TPSA) is 26.0 Å². The maximum absolute atomic E-state index is 13.7. The quantitative estimate of drug-likeness (QED) is 0.892. The van der Waals surface area contributed by atoms with E-state index in [4.69, 9.17) is 5.73 Å². The maximum Gasteiger partial charge on any atom is 0.127 e. The number of nitrogens with two attached hydrogens (primary N) is 1. The van der Waals surface area contributed by atoms with E-state index in [2.05, 4.69) is 15.9 Å². The van der Waals surface area contributed by atoms with Gasteiger partial charge in [0.25, 0.3) is 0 Å². The molecule has 20 heavy (non-hydrogen) atoms. The standard InChI is InChI=1S/C15H13BrF3N/c16-11-2-1-10(15(19)7-11)6-14(20)5-9-3-12(17)8-13(18)4-9/h1-4,7-8,14H,5-6,20H2. The molecule has 106 valence electrons. The van der Waals surface area contributed by atoms with E-state index in [0.29, 0.717) is 22.0 Å². The summed E-state index contributed by atoms with van der Waals surface area (Å²) in [7, 11) is 0. The lowest BCUT2D eigenvalue weighted by molar-refractivity contribution is 0.567. The molecule has 2 N–H and O–H groups in total. The molecule has 5 heteroatoms. The molecule has 0 radical (unpaired) electrons. The molecule has 1 nitrogen and oxygen atoms in total. The van der Waals surface area contributed by atoms with Crippen LogP contribution in [0.1, 0.15) is 11.1 Å². The zero-order chi connectivity index (χ0) is 14.7. The molecule has 0 saturated heterocycles. The molecule has 0 spiro atoms. The Balaban J connectivity index is 2.06. The lowest BCUT2D eigenvalue weighted by Crippen LogP contribution is -2.26. The van der Waals surface area contributed by atoms with Gasteiger partial charge in [-0.1, -0.05) is 22.0 Å². The summed E-state index contributed by atoms with van der Waals surface area (Å²) in [5.74, 6) is -1.62. The molecule has 1 unspecified atom stereocenters. The van der Waals surface area contributed by atoms with Crippen LogP contribution >= 0.6 is 15.9 Å². The predicted octanol–water partition coefficient (Wildman–Crippen LogP) is 3.98. The maximum atomic E-state index is 13.7. The van der Waals surface area contributed by atoms with Gasteiger partial charge in [-0.05, 0) is 48.2 Å². The molecule has 1 atom stereocenters. The van der Waals surface area contributed by atoms with Crippen LogP contribution in [-0.4, -0.2) is 6.04 Å². The zero-order valence-electron chi connectivity index (χ0n) is 10.5. The van der Waals surface area contributed by atoms with Crippen LogP contribution in [0.2, 0.25) is 0 Å². The van der Waals surface area contributed by atoms with Crippen LogP contribution in [-0.2, 0) is 12.8 Å². The Labute approximate surface area is 123 Å². The van der Waals surface area contributed by atoms with Crippen molar-refractivity contribution in [1.29, 1.82) is 0 Å². The smallest absolute Gasteiger partial charge is 0.127 e. The fourth-order valence-corrected chi connectivity index (χ4v) is 2.41. The molecule has 0 amide bonds. The van der Waals surface area contributed by atoms with Crippen LogP contribution in [0.15, 0.2) is 40.9 Å². The molecule has 0 aliphatic carbocycles. The van der Waals surface area contributed by atoms with Crippen molar-refractivity contribution in [2.45, 2.75) is 18.9 Å². The van der Waals surface area contributed by atoms with Gasteiger partial charge in [0, 0.05) is 16.6 Å². The van der Waals surface area contributed by atoms with E-state index >= 15 is 0 Å². The van der Waals surface area contributed by atoms with Gasteiger partial charge in [0.2, 0.25) is 0 Å². The summed E-state index contributed by atoms with van der Waals surface area (Å²) in [6, 6.07) is 7.61. The number of rotatable bonds is 4. The number of hydrogen-bond donors (Lipinski definition) is 1. The Hall–Kier alpha value is -1.33. The lowest BCUT2D eigenvalue weighted by Gasteiger charge is -2.13. The molecule has 2 aromatic rings. The summed E-state index contributed by atoms with van der Waals surface area (Å²) in [4.78, 5) is 0. The van der Waals surface area contributed by atoms with Gasteiger partial charge in [-0.3, -0.25) is 0 Å². The first kappa shape index (κ1) is 15.1. The molecule has 0 fully saturated rings. The SMILES string of the molecule is NC(Cc1cc(F)cc(F)c1)Cc1ccc(Br)cc1F. The summed E-state index contributed by atoms with van der Waals surface area (Å²) in [6.45, 7) is 0. The summed E-state index contributed by atoms with van der Waals surface area (Å²) in [5.41, 5.74) is 6.87. The highest BCUT2D eigenvalue weighted by Gasteiger charge is 2.11. The normalized spacial score (nSPS) is 12.4. The Morgan fingerprint density at radius 3 is 2.20 bits per heavy atom. The second-order valence-electron chi connectivity index (χ2n) is 4.68. The van der Waals surface area contributed by atoms with Crippen LogP contribution in [0.3, 0.4) is 0 Å². The Bertz CT molecular complexity index is 596. The van der Waals surface area contributed by atoms with Crippen molar-refractivity contribution in [3.63, 3.8) is 0 Å². The minimum atomic E-state index is -0.637. The predicted molar refractivity (Wildman–Crippen MR) is 75.8 cm³/mol. The van der Waals surface area contributed by atoms with Crippen LogP contribution < -0.4 is 5.73 Å². The van der Waals surface area contributed by atoms with E-state index in [-0.39, 0.29) is 12.2 Å². The van der Waals surface area contributed by atoms with Crippen LogP contribution in [0.5, 0.6) is 0 Å². The minimum absolute atomic E-state index is 0.282. The summed E-state index contributed by atoms with van der Waals surface area (Å²) in [6.07, 6.45) is 0.585. The van der Waals surface area contributed by atoms with E-state index in [0.717, 1.165) is 6.07 Å². The fourth-order valence-electron chi connectivity index (χ4n) is 2.07. The molecule has 2 rings (SSSR count). The Morgan fingerprint density at radius 2 is 1.60 bits per heavy atom. The van der Waals surface area contributed by atoms with Crippen molar-refractivity contribution in [3.05, 3.63) is 69.4 Å². The van der Waals surface area contributed by atoms with Gasteiger partial charge in [0.1, 0.15) is 17.5 Å². The van der Waals surface area contributed by atoms with Gasteiger partial charge in [-0.25, -0.2) is 13.2 Å². The molecule has 0 aromatic heterocycles. The highest BCUT2D eigenvalue weighted by Crippen LogP contribution is 2.17. The van der Waals surface area contributed by atoms with Gasteiger partial charge in [0.05, 0.1) is 0 Å². The lowest BCUT2D eigenvalue weighted by atomic mass is 9.99. The van der Waals surface area contributed by atoms with E-state index in [9.17, 15) is 13.2 Å². The van der Waals surface area contributed by atoms with Crippen molar-refractivity contribution >= 4 is 15.9 Å². The third-order valence-corrected chi connectivity index (χ3v) is 3.41. The molecular formula is C15H13BrF3N. The summed E-state index contributed by atoms with van der Waals surface area (Å²) in [5, 5.41) is 0.